The molecule has 234 valence electrons. The lowest BCUT2D eigenvalue weighted by molar-refractivity contribution is -0.201. The standard InChI is InChI=1S/C35H46O8/c1-7-9-10-11-12-13-14-15-27(37)43-31-22(4)18-34-23(5)16-26-28(33(26,6)20-42-32(40)21(3)8-2)25(30(34)39)17-24(19-36)29(38)35(31,34)41/h8,10-15,17-18,23,25-26,28-29,31,36,38,41H,7,9,16,19-20H2,1-6H3/b11-10+,13-12+,15-14+,21-8+. The van der Waals surface area contributed by atoms with E-state index in [9.17, 15) is 29.7 Å². The van der Waals surface area contributed by atoms with Crippen LogP contribution in [0.25, 0.3) is 0 Å². The highest BCUT2D eigenvalue weighted by Crippen LogP contribution is 2.72. The fourth-order valence-corrected chi connectivity index (χ4v) is 7.83. The molecule has 0 amide bonds. The SMILES string of the molecule is C/C=C(\C)C(=O)OCC1(C)C2CC(C)C34C=C(C)C(OC(=O)/C=C/C=C/C=C/CCC)C3(O)C(O)C(CO)=CC(C4=O)C21. The molecule has 0 aromatic carbocycles. The Morgan fingerprint density at radius 2 is 1.88 bits per heavy atom. The predicted octanol–water partition coefficient (Wildman–Crippen LogP) is 4.32. The Hall–Kier alpha value is -3.07. The molecule has 2 fully saturated rings. The van der Waals surface area contributed by atoms with E-state index in [1.165, 1.54) is 12.2 Å². The molecule has 0 aromatic rings. The molecule has 0 heterocycles. The first kappa shape index (κ1) is 32.8. The first-order valence-corrected chi connectivity index (χ1v) is 15.3. The first-order valence-electron chi connectivity index (χ1n) is 15.3. The van der Waals surface area contributed by atoms with E-state index in [0.29, 0.717) is 17.6 Å². The highest BCUT2D eigenvalue weighted by atomic mass is 16.6. The van der Waals surface area contributed by atoms with Crippen molar-refractivity contribution in [3.8, 4) is 0 Å². The highest BCUT2D eigenvalue weighted by molar-refractivity contribution is 5.95. The lowest BCUT2D eigenvalue weighted by Crippen LogP contribution is -2.65. The Morgan fingerprint density at radius 1 is 1.19 bits per heavy atom. The molecule has 3 N–H and O–H groups in total. The van der Waals surface area contributed by atoms with Crippen LogP contribution in [0.15, 0.2) is 71.4 Å². The van der Waals surface area contributed by atoms with Gasteiger partial charge in [-0.05, 0) is 62.5 Å². The van der Waals surface area contributed by atoms with Gasteiger partial charge in [0.05, 0.1) is 18.6 Å². The van der Waals surface area contributed by atoms with Crippen molar-refractivity contribution < 1.29 is 39.2 Å². The summed E-state index contributed by atoms with van der Waals surface area (Å²) in [6.07, 6.45) is 14.7. The van der Waals surface area contributed by atoms with Crippen molar-refractivity contribution in [2.24, 2.45) is 34.5 Å². The van der Waals surface area contributed by atoms with E-state index in [0.717, 1.165) is 12.8 Å². The van der Waals surface area contributed by atoms with Gasteiger partial charge in [-0.1, -0.05) is 75.8 Å². The highest BCUT2D eigenvalue weighted by Gasteiger charge is 2.77. The van der Waals surface area contributed by atoms with Gasteiger partial charge in [-0.2, -0.15) is 0 Å². The monoisotopic (exact) mass is 594 g/mol. The fourth-order valence-electron chi connectivity index (χ4n) is 7.83. The van der Waals surface area contributed by atoms with Crippen molar-refractivity contribution in [3.05, 3.63) is 71.4 Å². The molecule has 4 rings (SSSR count). The number of aliphatic hydroxyl groups excluding tert-OH is 2. The van der Waals surface area contributed by atoms with Gasteiger partial charge >= 0.3 is 11.9 Å². The third-order valence-electron chi connectivity index (χ3n) is 10.4. The van der Waals surface area contributed by atoms with Gasteiger partial charge in [-0.3, -0.25) is 4.79 Å². The van der Waals surface area contributed by atoms with E-state index in [1.54, 1.807) is 51.2 Å². The number of ketones is 1. The maximum absolute atomic E-state index is 14.7. The summed E-state index contributed by atoms with van der Waals surface area (Å²) in [5, 5.41) is 34.5. The number of Topliss-reactive ketones (excluding diaryl/α,β-unsaturated/α-hetero) is 1. The van der Waals surface area contributed by atoms with Gasteiger partial charge < -0.3 is 24.8 Å². The van der Waals surface area contributed by atoms with Crippen molar-refractivity contribution in [1.29, 1.82) is 0 Å². The number of ether oxygens (including phenoxy) is 2. The topological polar surface area (TPSA) is 130 Å². The number of allylic oxidation sites excluding steroid dienone is 7. The Kier molecular flexibility index (Phi) is 9.55. The summed E-state index contributed by atoms with van der Waals surface area (Å²) >= 11 is 0. The molecule has 4 aliphatic carbocycles. The van der Waals surface area contributed by atoms with Crippen molar-refractivity contribution in [2.45, 2.75) is 78.6 Å². The summed E-state index contributed by atoms with van der Waals surface area (Å²) in [6, 6.07) is 0. The van der Waals surface area contributed by atoms with Crippen molar-refractivity contribution in [3.63, 3.8) is 0 Å². The molecule has 0 aromatic heterocycles. The number of unbranched alkanes of at least 4 members (excludes halogenated alkanes) is 1. The van der Waals surface area contributed by atoms with Crippen molar-refractivity contribution >= 4 is 17.7 Å². The maximum Gasteiger partial charge on any atom is 0.333 e. The minimum Gasteiger partial charge on any atom is -0.462 e. The van der Waals surface area contributed by atoms with Crippen LogP contribution in [0.3, 0.4) is 0 Å². The zero-order valence-electron chi connectivity index (χ0n) is 26.1. The van der Waals surface area contributed by atoms with Gasteiger partial charge in [0.15, 0.2) is 17.5 Å². The molecule has 9 unspecified atom stereocenters. The van der Waals surface area contributed by atoms with Crippen LogP contribution in [-0.4, -0.2) is 64.1 Å². The lowest BCUT2D eigenvalue weighted by Gasteiger charge is -2.48. The number of rotatable bonds is 10. The molecule has 2 bridgehead atoms. The largest absolute Gasteiger partial charge is 0.462 e. The van der Waals surface area contributed by atoms with Crippen molar-refractivity contribution in [1.82, 2.24) is 0 Å². The Bertz CT molecular complexity index is 1320. The minimum absolute atomic E-state index is 0.00151. The lowest BCUT2D eigenvalue weighted by atomic mass is 9.59. The van der Waals surface area contributed by atoms with E-state index in [2.05, 4.69) is 6.92 Å². The summed E-state index contributed by atoms with van der Waals surface area (Å²) in [7, 11) is 0. The molecule has 9 atom stereocenters. The number of carbonyl (C=O) groups excluding carboxylic acids is 3. The summed E-state index contributed by atoms with van der Waals surface area (Å²) in [4.78, 5) is 40.0. The normalized spacial score (nSPS) is 38.8. The van der Waals surface area contributed by atoms with Gasteiger partial charge in [-0.25, -0.2) is 9.59 Å². The fraction of sp³-hybridized carbons (Fsp3) is 0.571. The number of aliphatic hydroxyl groups is 3. The summed E-state index contributed by atoms with van der Waals surface area (Å²) in [6.45, 7) is 10.6. The molecule has 1 spiro atoms. The quantitative estimate of drug-likeness (QED) is 0.148. The summed E-state index contributed by atoms with van der Waals surface area (Å²) < 4.78 is 11.4. The smallest absolute Gasteiger partial charge is 0.333 e. The van der Waals surface area contributed by atoms with Crippen LogP contribution in [-0.2, 0) is 23.9 Å². The molecule has 43 heavy (non-hydrogen) atoms. The van der Waals surface area contributed by atoms with Gasteiger partial charge in [0.2, 0.25) is 0 Å². The van der Waals surface area contributed by atoms with E-state index in [4.69, 9.17) is 9.47 Å². The molecule has 0 radical (unpaired) electrons. The molecular weight excluding hydrogens is 548 g/mol. The van der Waals surface area contributed by atoms with Crippen LogP contribution < -0.4 is 0 Å². The molecule has 2 saturated carbocycles. The Labute approximate surface area is 254 Å². The molecule has 0 aliphatic heterocycles. The van der Waals surface area contributed by atoms with E-state index < -0.39 is 59.0 Å². The van der Waals surface area contributed by atoms with Crippen LogP contribution in [0, 0.1) is 34.5 Å². The number of fused-ring (bicyclic) bond motifs is 3. The second kappa shape index (κ2) is 12.5. The predicted molar refractivity (Wildman–Crippen MR) is 162 cm³/mol. The van der Waals surface area contributed by atoms with Crippen LogP contribution in [0.5, 0.6) is 0 Å². The minimum atomic E-state index is -2.22. The van der Waals surface area contributed by atoms with Crippen LogP contribution in [0.4, 0.5) is 0 Å². The third-order valence-corrected chi connectivity index (χ3v) is 10.4. The van der Waals surface area contributed by atoms with Crippen LogP contribution in [0.1, 0.15) is 60.8 Å². The van der Waals surface area contributed by atoms with Crippen LogP contribution in [0.2, 0.25) is 0 Å². The van der Waals surface area contributed by atoms with Gasteiger partial charge in [0.1, 0.15) is 6.10 Å². The Balaban J connectivity index is 1.66. The zero-order valence-corrected chi connectivity index (χ0v) is 26.1. The van der Waals surface area contributed by atoms with Gasteiger partial charge in [-0.15, -0.1) is 0 Å². The molecule has 8 nitrogen and oxygen atoms in total. The third kappa shape index (κ3) is 5.32. The summed E-state index contributed by atoms with van der Waals surface area (Å²) in [5.41, 5.74) is -3.19. The molecule has 0 saturated heterocycles. The molecule has 4 aliphatic rings. The second-order valence-electron chi connectivity index (χ2n) is 12.9. The van der Waals surface area contributed by atoms with Gasteiger partial charge in [0.25, 0.3) is 0 Å². The van der Waals surface area contributed by atoms with E-state index in [1.807, 2.05) is 26.0 Å². The summed E-state index contributed by atoms with van der Waals surface area (Å²) in [5.74, 6) is -2.82. The zero-order chi connectivity index (χ0) is 31.7. The van der Waals surface area contributed by atoms with E-state index in [-0.39, 0.29) is 29.8 Å². The van der Waals surface area contributed by atoms with Crippen molar-refractivity contribution in [2.75, 3.05) is 13.2 Å². The average molecular weight is 595 g/mol. The van der Waals surface area contributed by atoms with Crippen LogP contribution >= 0.6 is 0 Å². The maximum atomic E-state index is 14.7. The number of esters is 2. The first-order chi connectivity index (χ1) is 20.3. The second-order valence-corrected chi connectivity index (χ2v) is 12.9. The Morgan fingerprint density at radius 3 is 2.53 bits per heavy atom. The molecular formula is C35H46O8. The van der Waals surface area contributed by atoms with E-state index >= 15 is 0 Å². The molecule has 8 heteroatoms. The van der Waals surface area contributed by atoms with Gasteiger partial charge in [0, 0.05) is 23.0 Å². The number of carbonyl (C=O) groups is 3. The number of hydrogen-bond donors (Lipinski definition) is 3. The number of hydrogen-bond acceptors (Lipinski definition) is 8. The average Bonchev–Trinajstić information content (AvgIpc) is 3.52.